The van der Waals surface area contributed by atoms with Crippen LogP contribution in [0.1, 0.15) is 18.4 Å². The van der Waals surface area contributed by atoms with Crippen LogP contribution in [0.3, 0.4) is 0 Å². The summed E-state index contributed by atoms with van der Waals surface area (Å²) >= 11 is 0. The van der Waals surface area contributed by atoms with E-state index in [1.807, 2.05) is 48.5 Å². The fraction of sp³-hybridized carbons (Fsp3) is 0.278. The summed E-state index contributed by atoms with van der Waals surface area (Å²) in [5.74, 6) is 2.52. The van der Waals surface area contributed by atoms with Gasteiger partial charge in [0.05, 0.1) is 7.11 Å². The monoisotopic (exact) mass is 297 g/mol. The molecule has 2 aromatic carbocycles. The Balaban J connectivity index is 1.60. The lowest BCUT2D eigenvalue weighted by Gasteiger charge is -2.10. The molecule has 0 atom stereocenters. The lowest BCUT2D eigenvalue weighted by molar-refractivity contribution is -0.122. The Labute approximate surface area is 130 Å². The minimum absolute atomic E-state index is 0.161. The molecule has 0 aliphatic heterocycles. The van der Waals surface area contributed by atoms with Gasteiger partial charge in [0.25, 0.3) is 0 Å². The lowest BCUT2D eigenvalue weighted by Crippen LogP contribution is -2.24. The molecule has 0 heterocycles. The van der Waals surface area contributed by atoms with Gasteiger partial charge < -0.3 is 14.8 Å². The van der Waals surface area contributed by atoms with Crippen molar-refractivity contribution in [3.63, 3.8) is 0 Å². The molecule has 2 aromatic rings. The minimum atomic E-state index is 0.161. The summed E-state index contributed by atoms with van der Waals surface area (Å²) in [7, 11) is 1.62. The molecule has 0 radical (unpaired) electrons. The van der Waals surface area contributed by atoms with E-state index in [0.29, 0.717) is 18.0 Å². The summed E-state index contributed by atoms with van der Waals surface area (Å²) in [4.78, 5) is 11.6. The Hall–Kier alpha value is -2.49. The molecular weight excluding hydrogens is 278 g/mol. The summed E-state index contributed by atoms with van der Waals surface area (Å²) in [6.07, 6.45) is 2.05. The molecule has 0 bridgehead atoms. The van der Waals surface area contributed by atoms with E-state index in [0.717, 1.165) is 24.2 Å². The van der Waals surface area contributed by atoms with Gasteiger partial charge in [-0.3, -0.25) is 4.79 Å². The highest BCUT2D eigenvalue weighted by atomic mass is 16.5. The summed E-state index contributed by atoms with van der Waals surface area (Å²) in [6.45, 7) is 0.560. The Kier molecular flexibility index (Phi) is 4.28. The maximum absolute atomic E-state index is 11.6. The molecule has 0 spiro atoms. The molecular formula is C18H19NO3. The van der Waals surface area contributed by atoms with Crippen LogP contribution in [0.25, 0.3) is 0 Å². The predicted octanol–water partition coefficient (Wildman–Crippen LogP) is 3.51. The van der Waals surface area contributed by atoms with Gasteiger partial charge in [0.1, 0.15) is 5.75 Å². The van der Waals surface area contributed by atoms with Crippen molar-refractivity contribution in [1.29, 1.82) is 0 Å². The van der Waals surface area contributed by atoms with Gasteiger partial charge in [0.15, 0.2) is 11.5 Å². The van der Waals surface area contributed by atoms with Gasteiger partial charge in [0, 0.05) is 12.5 Å². The largest absolute Gasteiger partial charge is 0.493 e. The first-order valence-electron chi connectivity index (χ1n) is 7.44. The normalized spacial score (nSPS) is 13.5. The molecule has 1 saturated carbocycles. The van der Waals surface area contributed by atoms with E-state index >= 15 is 0 Å². The number of ether oxygens (including phenoxy) is 2. The van der Waals surface area contributed by atoms with Crippen LogP contribution in [-0.2, 0) is 11.3 Å². The molecule has 4 nitrogen and oxygen atoms in total. The zero-order valence-electron chi connectivity index (χ0n) is 12.5. The molecule has 0 saturated heterocycles. The van der Waals surface area contributed by atoms with Crippen molar-refractivity contribution in [2.75, 3.05) is 7.11 Å². The standard InChI is InChI=1S/C18H19NO3/c1-21-16-4-2-3-5-17(16)22-15-10-6-13(7-11-15)12-19-18(20)14-8-9-14/h2-7,10-11,14H,8-9,12H2,1H3,(H,19,20). The zero-order valence-corrected chi connectivity index (χ0v) is 12.5. The first kappa shape index (κ1) is 14.4. The van der Waals surface area contributed by atoms with Crippen molar-refractivity contribution in [1.82, 2.24) is 5.32 Å². The maximum Gasteiger partial charge on any atom is 0.223 e. The van der Waals surface area contributed by atoms with Gasteiger partial charge in [-0.15, -0.1) is 0 Å². The number of rotatable bonds is 6. The molecule has 4 heteroatoms. The van der Waals surface area contributed by atoms with Crippen LogP contribution >= 0.6 is 0 Å². The van der Waals surface area contributed by atoms with Crippen molar-refractivity contribution in [3.05, 3.63) is 54.1 Å². The van der Waals surface area contributed by atoms with Gasteiger partial charge >= 0.3 is 0 Å². The first-order valence-corrected chi connectivity index (χ1v) is 7.44. The zero-order chi connectivity index (χ0) is 15.4. The van der Waals surface area contributed by atoms with E-state index in [4.69, 9.17) is 9.47 Å². The smallest absolute Gasteiger partial charge is 0.223 e. The number of carbonyl (C=O) groups excluding carboxylic acids is 1. The van der Waals surface area contributed by atoms with Crippen LogP contribution in [-0.4, -0.2) is 13.0 Å². The second-order valence-electron chi connectivity index (χ2n) is 5.39. The predicted molar refractivity (Wildman–Crippen MR) is 84.1 cm³/mol. The topological polar surface area (TPSA) is 47.6 Å². The average molecular weight is 297 g/mol. The molecule has 114 valence electrons. The summed E-state index contributed by atoms with van der Waals surface area (Å²) in [5, 5.41) is 2.95. The van der Waals surface area contributed by atoms with Crippen molar-refractivity contribution in [3.8, 4) is 17.2 Å². The van der Waals surface area contributed by atoms with Crippen molar-refractivity contribution in [2.24, 2.45) is 5.92 Å². The van der Waals surface area contributed by atoms with Gasteiger partial charge in [-0.05, 0) is 42.7 Å². The Morgan fingerprint density at radius 1 is 1.09 bits per heavy atom. The van der Waals surface area contributed by atoms with Crippen LogP contribution in [0.4, 0.5) is 0 Å². The van der Waals surface area contributed by atoms with Gasteiger partial charge in [-0.2, -0.15) is 0 Å². The molecule has 22 heavy (non-hydrogen) atoms. The molecule has 0 unspecified atom stereocenters. The van der Waals surface area contributed by atoms with E-state index in [1.54, 1.807) is 7.11 Å². The van der Waals surface area contributed by atoms with E-state index in [-0.39, 0.29) is 11.8 Å². The van der Waals surface area contributed by atoms with E-state index < -0.39 is 0 Å². The highest BCUT2D eigenvalue weighted by Crippen LogP contribution is 2.31. The first-order chi connectivity index (χ1) is 10.8. The Morgan fingerprint density at radius 2 is 1.77 bits per heavy atom. The summed E-state index contributed by atoms with van der Waals surface area (Å²) < 4.78 is 11.1. The third-order valence-corrected chi connectivity index (χ3v) is 3.64. The van der Waals surface area contributed by atoms with Crippen LogP contribution < -0.4 is 14.8 Å². The Morgan fingerprint density at radius 3 is 2.41 bits per heavy atom. The molecule has 3 rings (SSSR count). The second kappa shape index (κ2) is 6.52. The maximum atomic E-state index is 11.6. The Bertz CT molecular complexity index is 648. The second-order valence-corrected chi connectivity index (χ2v) is 5.39. The van der Waals surface area contributed by atoms with Crippen LogP contribution in [0, 0.1) is 5.92 Å². The number of carbonyl (C=O) groups is 1. The van der Waals surface area contributed by atoms with Crippen LogP contribution in [0.2, 0.25) is 0 Å². The van der Waals surface area contributed by atoms with E-state index in [2.05, 4.69) is 5.32 Å². The third-order valence-electron chi connectivity index (χ3n) is 3.64. The lowest BCUT2D eigenvalue weighted by atomic mass is 10.2. The number of methoxy groups -OCH3 is 1. The highest BCUT2D eigenvalue weighted by molar-refractivity contribution is 5.80. The number of hydrogen-bond acceptors (Lipinski definition) is 3. The highest BCUT2D eigenvalue weighted by Gasteiger charge is 2.29. The number of para-hydroxylation sites is 2. The van der Waals surface area contributed by atoms with Crippen molar-refractivity contribution < 1.29 is 14.3 Å². The van der Waals surface area contributed by atoms with Crippen molar-refractivity contribution >= 4 is 5.91 Å². The fourth-order valence-electron chi connectivity index (χ4n) is 2.18. The molecule has 1 fully saturated rings. The molecule has 1 amide bonds. The van der Waals surface area contributed by atoms with Crippen LogP contribution in [0.15, 0.2) is 48.5 Å². The molecule has 0 aromatic heterocycles. The summed E-state index contributed by atoms with van der Waals surface area (Å²) in [6, 6.07) is 15.2. The minimum Gasteiger partial charge on any atom is -0.493 e. The van der Waals surface area contributed by atoms with Crippen LogP contribution in [0.5, 0.6) is 17.2 Å². The van der Waals surface area contributed by atoms with E-state index in [9.17, 15) is 4.79 Å². The SMILES string of the molecule is COc1ccccc1Oc1ccc(CNC(=O)C2CC2)cc1. The fourth-order valence-corrected chi connectivity index (χ4v) is 2.18. The quantitative estimate of drug-likeness (QED) is 0.887. The average Bonchev–Trinajstić information content (AvgIpc) is 3.39. The summed E-state index contributed by atoms with van der Waals surface area (Å²) in [5.41, 5.74) is 1.06. The molecule has 1 aliphatic rings. The molecule has 1 aliphatic carbocycles. The number of hydrogen-bond donors (Lipinski definition) is 1. The third kappa shape index (κ3) is 3.58. The van der Waals surface area contributed by atoms with Crippen molar-refractivity contribution in [2.45, 2.75) is 19.4 Å². The van der Waals surface area contributed by atoms with Gasteiger partial charge in [-0.25, -0.2) is 0 Å². The molecule has 1 N–H and O–H groups in total. The number of benzene rings is 2. The number of nitrogens with one attached hydrogen (secondary N) is 1. The van der Waals surface area contributed by atoms with Gasteiger partial charge in [-0.1, -0.05) is 24.3 Å². The number of amides is 1. The van der Waals surface area contributed by atoms with E-state index in [1.165, 1.54) is 0 Å². The van der Waals surface area contributed by atoms with Gasteiger partial charge in [0.2, 0.25) is 5.91 Å².